The number of ether oxygens (including phenoxy) is 1. The summed E-state index contributed by atoms with van der Waals surface area (Å²) in [6.45, 7) is 4.35. The molecule has 104 valence electrons. The molecule has 1 amide bonds. The predicted molar refractivity (Wildman–Crippen MR) is 68.7 cm³/mol. The maximum Gasteiger partial charge on any atom is 0.328 e. The van der Waals surface area contributed by atoms with Gasteiger partial charge in [-0.3, -0.25) is 4.79 Å². The third-order valence-corrected chi connectivity index (χ3v) is 3.68. The molecule has 0 aliphatic heterocycles. The van der Waals surface area contributed by atoms with Crippen molar-refractivity contribution in [1.29, 1.82) is 0 Å². The Bertz CT molecular complexity index is 306. The van der Waals surface area contributed by atoms with Crippen molar-refractivity contribution in [3.63, 3.8) is 0 Å². The number of methoxy groups -OCH3 is 1. The molecule has 1 saturated carbocycles. The standard InChI is InChI=1S/C13H24N2O3/c1-9(2)7-10(11(16)18-3)15-12(17)13(8-14)5-4-6-13/h9-10H,4-8,14H2,1-3H3,(H,15,17). The molecule has 0 aromatic heterocycles. The van der Waals surface area contributed by atoms with E-state index in [-0.39, 0.29) is 11.9 Å². The SMILES string of the molecule is COC(=O)C(CC(C)C)NC(=O)C1(CN)CCC1. The fourth-order valence-electron chi connectivity index (χ4n) is 2.27. The molecule has 1 atom stereocenters. The summed E-state index contributed by atoms with van der Waals surface area (Å²) in [7, 11) is 1.34. The smallest absolute Gasteiger partial charge is 0.328 e. The van der Waals surface area contributed by atoms with Crippen LogP contribution in [0.25, 0.3) is 0 Å². The Hall–Kier alpha value is -1.10. The Kier molecular flexibility index (Phi) is 5.14. The molecule has 1 aliphatic carbocycles. The number of nitrogens with one attached hydrogen (secondary N) is 1. The van der Waals surface area contributed by atoms with Crippen LogP contribution in [-0.4, -0.2) is 31.6 Å². The highest BCUT2D eigenvalue weighted by atomic mass is 16.5. The first-order valence-electron chi connectivity index (χ1n) is 6.54. The summed E-state index contributed by atoms with van der Waals surface area (Å²) in [6.07, 6.45) is 3.23. The minimum Gasteiger partial charge on any atom is -0.467 e. The molecule has 1 fully saturated rings. The van der Waals surface area contributed by atoms with Gasteiger partial charge in [-0.15, -0.1) is 0 Å². The van der Waals surface area contributed by atoms with Gasteiger partial charge < -0.3 is 15.8 Å². The Morgan fingerprint density at radius 3 is 2.33 bits per heavy atom. The van der Waals surface area contributed by atoms with Crippen LogP contribution in [0.5, 0.6) is 0 Å². The van der Waals surface area contributed by atoms with Gasteiger partial charge in [-0.05, 0) is 25.2 Å². The summed E-state index contributed by atoms with van der Waals surface area (Å²) in [5.41, 5.74) is 5.22. The maximum atomic E-state index is 12.2. The molecule has 1 aliphatic rings. The highest BCUT2D eigenvalue weighted by Crippen LogP contribution is 2.40. The van der Waals surface area contributed by atoms with Gasteiger partial charge in [0, 0.05) is 6.54 Å². The van der Waals surface area contributed by atoms with E-state index >= 15 is 0 Å². The molecule has 0 spiro atoms. The van der Waals surface area contributed by atoms with E-state index in [1.807, 2.05) is 13.8 Å². The summed E-state index contributed by atoms with van der Waals surface area (Å²) < 4.78 is 4.73. The Morgan fingerprint density at radius 1 is 1.39 bits per heavy atom. The molecular weight excluding hydrogens is 232 g/mol. The predicted octanol–water partition coefficient (Wildman–Crippen LogP) is 0.819. The number of carbonyl (C=O) groups is 2. The summed E-state index contributed by atoms with van der Waals surface area (Å²) in [6, 6.07) is -0.563. The van der Waals surface area contributed by atoms with Gasteiger partial charge in [0.05, 0.1) is 12.5 Å². The van der Waals surface area contributed by atoms with E-state index in [2.05, 4.69) is 5.32 Å². The fraction of sp³-hybridized carbons (Fsp3) is 0.846. The number of hydrogen-bond acceptors (Lipinski definition) is 4. The van der Waals surface area contributed by atoms with Crippen molar-refractivity contribution >= 4 is 11.9 Å². The van der Waals surface area contributed by atoms with Gasteiger partial charge in [0.1, 0.15) is 6.04 Å². The van der Waals surface area contributed by atoms with E-state index in [0.717, 1.165) is 19.3 Å². The molecule has 0 saturated heterocycles. The van der Waals surface area contributed by atoms with Gasteiger partial charge in [0.25, 0.3) is 0 Å². The number of carbonyl (C=O) groups excluding carboxylic acids is 2. The normalized spacial score (nSPS) is 18.9. The van der Waals surface area contributed by atoms with Gasteiger partial charge in [-0.1, -0.05) is 20.3 Å². The fourth-order valence-corrected chi connectivity index (χ4v) is 2.27. The highest BCUT2D eigenvalue weighted by Gasteiger charge is 2.44. The van der Waals surface area contributed by atoms with Crippen LogP contribution in [0.2, 0.25) is 0 Å². The number of amides is 1. The molecule has 1 unspecified atom stereocenters. The summed E-state index contributed by atoms with van der Waals surface area (Å²) in [5.74, 6) is -0.180. The minimum absolute atomic E-state index is 0.104. The first-order valence-corrected chi connectivity index (χ1v) is 6.54. The molecule has 3 N–H and O–H groups in total. The second kappa shape index (κ2) is 6.18. The number of esters is 1. The second-order valence-electron chi connectivity index (χ2n) is 5.52. The van der Waals surface area contributed by atoms with Gasteiger partial charge in [0.15, 0.2) is 0 Å². The quantitative estimate of drug-likeness (QED) is 0.689. The van der Waals surface area contributed by atoms with Crippen molar-refractivity contribution in [2.75, 3.05) is 13.7 Å². The maximum absolute atomic E-state index is 12.2. The first kappa shape index (κ1) is 15.0. The lowest BCUT2D eigenvalue weighted by Crippen LogP contribution is -2.54. The molecule has 0 aromatic rings. The third kappa shape index (κ3) is 3.22. The van der Waals surface area contributed by atoms with Crippen LogP contribution < -0.4 is 11.1 Å². The molecule has 0 bridgehead atoms. The van der Waals surface area contributed by atoms with Crippen molar-refractivity contribution in [3.8, 4) is 0 Å². The number of nitrogens with two attached hydrogens (primary N) is 1. The zero-order valence-electron chi connectivity index (χ0n) is 11.5. The van der Waals surface area contributed by atoms with Gasteiger partial charge in [-0.2, -0.15) is 0 Å². The van der Waals surface area contributed by atoms with Crippen molar-refractivity contribution in [1.82, 2.24) is 5.32 Å². The minimum atomic E-state index is -0.563. The Morgan fingerprint density at radius 2 is 2.00 bits per heavy atom. The molecule has 0 radical (unpaired) electrons. The van der Waals surface area contributed by atoms with Crippen molar-refractivity contribution in [2.24, 2.45) is 17.1 Å². The zero-order valence-corrected chi connectivity index (χ0v) is 11.5. The largest absolute Gasteiger partial charge is 0.467 e. The van der Waals surface area contributed by atoms with E-state index in [0.29, 0.717) is 18.9 Å². The molecule has 5 heteroatoms. The van der Waals surface area contributed by atoms with Gasteiger partial charge in [0.2, 0.25) is 5.91 Å². The summed E-state index contributed by atoms with van der Waals surface area (Å²) in [5, 5.41) is 2.80. The van der Waals surface area contributed by atoms with E-state index in [4.69, 9.17) is 10.5 Å². The number of rotatable bonds is 6. The lowest BCUT2D eigenvalue weighted by Gasteiger charge is -2.40. The topological polar surface area (TPSA) is 81.4 Å². The van der Waals surface area contributed by atoms with E-state index in [1.165, 1.54) is 7.11 Å². The highest BCUT2D eigenvalue weighted by molar-refractivity contribution is 5.88. The molecule has 0 heterocycles. The van der Waals surface area contributed by atoms with E-state index < -0.39 is 11.5 Å². The average Bonchev–Trinajstić information content (AvgIpc) is 2.25. The van der Waals surface area contributed by atoms with Crippen LogP contribution >= 0.6 is 0 Å². The zero-order chi connectivity index (χ0) is 13.8. The second-order valence-corrected chi connectivity index (χ2v) is 5.52. The van der Waals surface area contributed by atoms with Crippen molar-refractivity contribution < 1.29 is 14.3 Å². The molecular formula is C13H24N2O3. The molecule has 0 aromatic carbocycles. The van der Waals surface area contributed by atoms with Crippen LogP contribution in [0, 0.1) is 11.3 Å². The molecule has 5 nitrogen and oxygen atoms in total. The summed E-state index contributed by atoms with van der Waals surface area (Å²) >= 11 is 0. The van der Waals surface area contributed by atoms with Gasteiger partial charge in [-0.25, -0.2) is 4.79 Å². The average molecular weight is 256 g/mol. The van der Waals surface area contributed by atoms with Crippen LogP contribution in [0.4, 0.5) is 0 Å². The van der Waals surface area contributed by atoms with Gasteiger partial charge >= 0.3 is 5.97 Å². The van der Waals surface area contributed by atoms with Crippen LogP contribution in [0.3, 0.4) is 0 Å². The Labute approximate surface area is 108 Å². The van der Waals surface area contributed by atoms with E-state index in [9.17, 15) is 9.59 Å². The van der Waals surface area contributed by atoms with Crippen LogP contribution in [0.15, 0.2) is 0 Å². The molecule has 18 heavy (non-hydrogen) atoms. The first-order chi connectivity index (χ1) is 8.45. The van der Waals surface area contributed by atoms with Crippen LogP contribution in [-0.2, 0) is 14.3 Å². The van der Waals surface area contributed by atoms with Crippen LogP contribution in [0.1, 0.15) is 39.5 Å². The van der Waals surface area contributed by atoms with Crippen molar-refractivity contribution in [3.05, 3.63) is 0 Å². The monoisotopic (exact) mass is 256 g/mol. The Balaban J connectivity index is 2.65. The van der Waals surface area contributed by atoms with E-state index in [1.54, 1.807) is 0 Å². The van der Waals surface area contributed by atoms with Crippen molar-refractivity contribution in [2.45, 2.75) is 45.6 Å². The third-order valence-electron chi connectivity index (χ3n) is 3.68. The number of hydrogen-bond donors (Lipinski definition) is 2. The molecule has 1 rings (SSSR count). The lowest BCUT2D eigenvalue weighted by atomic mass is 9.68. The lowest BCUT2D eigenvalue weighted by molar-refractivity contribution is -0.148. The summed E-state index contributed by atoms with van der Waals surface area (Å²) in [4.78, 5) is 23.8.